The average molecular weight is 447 g/mol. The number of allylic oxidation sites excluding steroid dienone is 2. The second kappa shape index (κ2) is 9.87. The minimum atomic E-state index is -0.387. The molecular formula is C25H26N4O2S. The van der Waals surface area contributed by atoms with Gasteiger partial charge in [0.2, 0.25) is 4.80 Å². The fourth-order valence-electron chi connectivity index (χ4n) is 3.60. The number of aromatic nitrogens is 1. The Hall–Kier alpha value is -3.32. The first kappa shape index (κ1) is 21.9. The van der Waals surface area contributed by atoms with Crippen molar-refractivity contribution >= 4 is 28.9 Å². The van der Waals surface area contributed by atoms with Gasteiger partial charge in [-0.05, 0) is 60.9 Å². The van der Waals surface area contributed by atoms with Gasteiger partial charge in [-0.1, -0.05) is 38.1 Å². The minimum Gasteiger partial charge on any atom is -0.258 e. The molecule has 1 heterocycles. The molecule has 0 saturated carbocycles. The zero-order valence-electron chi connectivity index (χ0n) is 18.2. The number of nitro benzene ring substituents is 1. The molecule has 0 radical (unpaired) electrons. The number of hydrogen-bond acceptors (Lipinski definition) is 5. The molecule has 1 unspecified atom stereocenters. The predicted octanol–water partition coefficient (Wildman–Crippen LogP) is 6.67. The summed E-state index contributed by atoms with van der Waals surface area (Å²) in [6.07, 6.45) is 9.57. The molecule has 0 spiro atoms. The molecule has 0 fully saturated rings. The first-order chi connectivity index (χ1) is 15.5. The molecule has 0 saturated heterocycles. The van der Waals surface area contributed by atoms with Gasteiger partial charge in [-0.2, -0.15) is 5.10 Å². The van der Waals surface area contributed by atoms with E-state index >= 15 is 0 Å². The highest BCUT2D eigenvalue weighted by Crippen LogP contribution is 2.25. The van der Waals surface area contributed by atoms with Crippen LogP contribution in [0.3, 0.4) is 0 Å². The maximum absolute atomic E-state index is 11.0. The number of rotatable bonds is 6. The minimum absolute atomic E-state index is 0.0724. The van der Waals surface area contributed by atoms with E-state index < -0.39 is 0 Å². The van der Waals surface area contributed by atoms with E-state index in [1.165, 1.54) is 29.0 Å². The highest BCUT2D eigenvalue weighted by Gasteiger charge is 2.12. The molecule has 1 aromatic heterocycles. The third kappa shape index (κ3) is 5.11. The van der Waals surface area contributed by atoms with Crippen LogP contribution in [0, 0.1) is 16.0 Å². The lowest BCUT2D eigenvalue weighted by Crippen LogP contribution is -2.13. The highest BCUT2D eigenvalue weighted by molar-refractivity contribution is 7.07. The van der Waals surface area contributed by atoms with Crippen LogP contribution in [0.15, 0.2) is 76.2 Å². The molecule has 3 aromatic rings. The SMILES string of the molecule is CC(C)c1ccc(N=c2scc(-c3ccc([N+](=O)[O-])cc3)n2N=CC2CC=CCC2)cc1. The Morgan fingerprint density at radius 2 is 1.88 bits per heavy atom. The Bertz CT molecular complexity index is 1200. The molecule has 2 aromatic carbocycles. The van der Waals surface area contributed by atoms with E-state index in [1.807, 2.05) is 28.4 Å². The Balaban J connectivity index is 1.74. The zero-order valence-corrected chi connectivity index (χ0v) is 19.0. The van der Waals surface area contributed by atoms with Crippen molar-refractivity contribution < 1.29 is 4.92 Å². The van der Waals surface area contributed by atoms with Crippen LogP contribution in [0.1, 0.15) is 44.6 Å². The van der Waals surface area contributed by atoms with Crippen molar-refractivity contribution in [1.29, 1.82) is 0 Å². The van der Waals surface area contributed by atoms with Crippen molar-refractivity contribution in [3.63, 3.8) is 0 Å². The number of hydrogen-bond donors (Lipinski definition) is 0. The molecule has 1 atom stereocenters. The van der Waals surface area contributed by atoms with Crippen LogP contribution in [0.4, 0.5) is 11.4 Å². The van der Waals surface area contributed by atoms with Gasteiger partial charge in [0.1, 0.15) is 0 Å². The summed E-state index contributed by atoms with van der Waals surface area (Å²) in [6.45, 7) is 4.34. The molecule has 0 amide bonds. The van der Waals surface area contributed by atoms with Crippen molar-refractivity contribution in [2.45, 2.75) is 39.0 Å². The monoisotopic (exact) mass is 446 g/mol. The van der Waals surface area contributed by atoms with E-state index in [9.17, 15) is 10.1 Å². The summed E-state index contributed by atoms with van der Waals surface area (Å²) in [5.74, 6) is 0.869. The topological polar surface area (TPSA) is 72.8 Å². The Kier molecular flexibility index (Phi) is 6.75. The van der Waals surface area contributed by atoms with Crippen LogP contribution < -0.4 is 4.80 Å². The highest BCUT2D eigenvalue weighted by atomic mass is 32.1. The van der Waals surface area contributed by atoms with Crippen molar-refractivity contribution in [1.82, 2.24) is 4.68 Å². The summed E-state index contributed by atoms with van der Waals surface area (Å²) in [5.41, 5.74) is 3.95. The van der Waals surface area contributed by atoms with E-state index in [2.05, 4.69) is 38.1 Å². The first-order valence-electron chi connectivity index (χ1n) is 10.8. The van der Waals surface area contributed by atoms with Crippen LogP contribution in [-0.4, -0.2) is 15.8 Å². The molecule has 4 rings (SSSR count). The largest absolute Gasteiger partial charge is 0.269 e. The van der Waals surface area contributed by atoms with Gasteiger partial charge in [-0.25, -0.2) is 9.67 Å². The standard InChI is InChI=1S/C25H26N4O2S/c1-18(2)20-8-12-22(13-9-20)27-25-28(26-16-19-6-4-3-5-7-19)24(17-32-25)21-10-14-23(15-11-21)29(30)31/h3-4,8-19H,5-7H2,1-2H3. The average Bonchev–Trinajstić information content (AvgIpc) is 3.21. The summed E-state index contributed by atoms with van der Waals surface area (Å²) in [4.78, 5) is 16.2. The molecule has 0 bridgehead atoms. The van der Waals surface area contributed by atoms with E-state index in [0.29, 0.717) is 11.8 Å². The quantitative estimate of drug-likeness (QED) is 0.183. The number of thiazole rings is 1. The third-order valence-corrected chi connectivity index (χ3v) is 6.36. The Morgan fingerprint density at radius 1 is 1.12 bits per heavy atom. The van der Waals surface area contributed by atoms with Crippen molar-refractivity contribution in [2.24, 2.45) is 16.0 Å². The van der Waals surface area contributed by atoms with Gasteiger partial charge >= 0.3 is 0 Å². The van der Waals surface area contributed by atoms with E-state index in [1.54, 1.807) is 12.1 Å². The summed E-state index contributed by atoms with van der Waals surface area (Å²) >= 11 is 1.51. The van der Waals surface area contributed by atoms with Crippen LogP contribution in [0.5, 0.6) is 0 Å². The normalized spacial score (nSPS) is 16.8. The van der Waals surface area contributed by atoms with Gasteiger partial charge in [0.05, 0.1) is 16.3 Å². The van der Waals surface area contributed by atoms with Crippen molar-refractivity contribution in [2.75, 3.05) is 0 Å². The van der Waals surface area contributed by atoms with E-state index in [-0.39, 0.29) is 10.6 Å². The van der Waals surface area contributed by atoms with Crippen LogP contribution in [0.2, 0.25) is 0 Å². The second-order valence-corrected chi connectivity index (χ2v) is 9.02. The number of benzene rings is 2. The molecule has 1 aliphatic rings. The van der Waals surface area contributed by atoms with Gasteiger partial charge in [-0.3, -0.25) is 10.1 Å². The lowest BCUT2D eigenvalue weighted by molar-refractivity contribution is -0.384. The smallest absolute Gasteiger partial charge is 0.258 e. The van der Waals surface area contributed by atoms with Gasteiger partial charge in [0, 0.05) is 29.3 Å². The van der Waals surface area contributed by atoms with Gasteiger partial charge in [0.25, 0.3) is 5.69 Å². The zero-order chi connectivity index (χ0) is 22.5. The van der Waals surface area contributed by atoms with Crippen molar-refractivity contribution in [3.8, 4) is 11.3 Å². The lowest BCUT2D eigenvalue weighted by atomic mass is 9.96. The molecule has 1 aliphatic carbocycles. The van der Waals surface area contributed by atoms with Crippen LogP contribution in [0.25, 0.3) is 11.3 Å². The van der Waals surface area contributed by atoms with Gasteiger partial charge in [-0.15, -0.1) is 11.3 Å². The number of nitro groups is 1. The molecule has 32 heavy (non-hydrogen) atoms. The number of nitrogens with zero attached hydrogens (tertiary/aromatic N) is 4. The third-order valence-electron chi connectivity index (χ3n) is 5.55. The summed E-state index contributed by atoms with van der Waals surface area (Å²) < 4.78 is 1.85. The van der Waals surface area contributed by atoms with Gasteiger partial charge < -0.3 is 0 Å². The molecule has 164 valence electrons. The summed E-state index contributed by atoms with van der Waals surface area (Å²) in [6, 6.07) is 14.8. The number of non-ortho nitro benzene ring substituents is 1. The Morgan fingerprint density at radius 3 is 2.50 bits per heavy atom. The molecular weight excluding hydrogens is 420 g/mol. The second-order valence-electron chi connectivity index (χ2n) is 8.19. The van der Waals surface area contributed by atoms with Gasteiger partial charge in [0.15, 0.2) is 0 Å². The fraction of sp³-hybridized carbons (Fsp3) is 0.280. The van der Waals surface area contributed by atoms with E-state index in [4.69, 9.17) is 10.1 Å². The predicted molar refractivity (Wildman–Crippen MR) is 131 cm³/mol. The van der Waals surface area contributed by atoms with E-state index in [0.717, 1.165) is 41.0 Å². The maximum atomic E-state index is 11.0. The molecule has 0 aliphatic heterocycles. The first-order valence-corrected chi connectivity index (χ1v) is 11.7. The molecule has 6 nitrogen and oxygen atoms in total. The maximum Gasteiger partial charge on any atom is 0.269 e. The van der Waals surface area contributed by atoms with Crippen LogP contribution >= 0.6 is 11.3 Å². The molecule has 0 N–H and O–H groups in total. The Labute approximate surface area is 191 Å². The summed E-state index contributed by atoms with van der Waals surface area (Å²) in [5, 5.41) is 17.8. The molecule has 7 heteroatoms. The van der Waals surface area contributed by atoms with Crippen LogP contribution in [-0.2, 0) is 0 Å². The lowest BCUT2D eigenvalue weighted by Gasteiger charge is -2.12. The summed E-state index contributed by atoms with van der Waals surface area (Å²) in [7, 11) is 0. The van der Waals surface area contributed by atoms with Crippen molar-refractivity contribution in [3.05, 3.63) is 86.5 Å². The fourth-order valence-corrected chi connectivity index (χ4v) is 4.45.